The van der Waals surface area contributed by atoms with E-state index in [1.165, 1.54) is 31.4 Å². The van der Waals surface area contributed by atoms with E-state index in [0.29, 0.717) is 11.2 Å². The Balaban J connectivity index is 1.48. The topological polar surface area (TPSA) is 22.1 Å². The fraction of sp³-hybridized carbons (Fsp3) is 0.421. The average Bonchev–Trinajstić information content (AvgIpc) is 3.36. The van der Waals surface area contributed by atoms with Gasteiger partial charge >= 0.3 is 0 Å². The van der Waals surface area contributed by atoms with E-state index in [1.54, 1.807) is 18.0 Å². The Morgan fingerprint density at radius 3 is 2.50 bits per heavy atom. The highest BCUT2D eigenvalue weighted by Crippen LogP contribution is 2.42. The molecular weight excluding hydrogens is 328 g/mol. The number of halogens is 2. The molecule has 1 aromatic carbocycles. The van der Waals surface area contributed by atoms with Crippen LogP contribution in [0.1, 0.15) is 49.1 Å². The third-order valence-corrected chi connectivity index (χ3v) is 6.02. The zero-order valence-electron chi connectivity index (χ0n) is 13.3. The number of benzene rings is 1. The normalized spacial score (nSPS) is 17.6. The van der Waals surface area contributed by atoms with Crippen LogP contribution in [0.3, 0.4) is 0 Å². The Bertz CT molecular complexity index is 721. The molecule has 0 bridgehead atoms. The van der Waals surface area contributed by atoms with E-state index in [4.69, 9.17) is 4.74 Å². The lowest BCUT2D eigenvalue weighted by atomic mass is 10.0. The molecule has 1 aromatic heterocycles. The van der Waals surface area contributed by atoms with Crippen molar-refractivity contribution >= 4 is 11.8 Å². The first kappa shape index (κ1) is 15.9. The van der Waals surface area contributed by atoms with Crippen molar-refractivity contribution in [3.63, 3.8) is 0 Å². The Hall–Kier alpha value is -1.62. The molecule has 2 fully saturated rings. The van der Waals surface area contributed by atoms with Crippen LogP contribution in [0, 0.1) is 11.6 Å². The maximum Gasteiger partial charge on any atom is 0.191 e. The van der Waals surface area contributed by atoms with Gasteiger partial charge in [0.25, 0.3) is 0 Å². The molecule has 0 atom stereocenters. The molecule has 0 spiro atoms. The third-order valence-electron chi connectivity index (χ3n) is 4.62. The average molecular weight is 347 g/mol. The van der Waals surface area contributed by atoms with E-state index < -0.39 is 11.6 Å². The minimum Gasteiger partial charge on any atom is -0.483 e. The van der Waals surface area contributed by atoms with Gasteiger partial charge in [-0.25, -0.2) is 13.8 Å². The standard InChI is InChI=1S/C19H19F2NOS/c20-16-9-14(12-6-7-12)10-17(21)18(16)23-11-13-3-2-8-22-19(13)24-15-4-1-5-15/h2-3,8-10,12,15H,1,4-7,11H2. The summed E-state index contributed by atoms with van der Waals surface area (Å²) >= 11 is 1.74. The zero-order chi connectivity index (χ0) is 16.5. The van der Waals surface area contributed by atoms with E-state index in [9.17, 15) is 8.78 Å². The number of ether oxygens (including phenoxy) is 1. The van der Waals surface area contributed by atoms with Crippen molar-refractivity contribution in [3.05, 3.63) is 53.2 Å². The van der Waals surface area contributed by atoms with Gasteiger partial charge in [0.2, 0.25) is 0 Å². The predicted octanol–water partition coefficient (Wildman–Crippen LogP) is 5.46. The summed E-state index contributed by atoms with van der Waals surface area (Å²) in [6, 6.07) is 6.54. The first-order valence-corrected chi connectivity index (χ1v) is 9.31. The second-order valence-electron chi connectivity index (χ2n) is 6.52. The van der Waals surface area contributed by atoms with E-state index in [0.717, 1.165) is 29.0 Å². The van der Waals surface area contributed by atoms with Crippen molar-refractivity contribution in [2.45, 2.75) is 54.9 Å². The molecule has 5 heteroatoms. The van der Waals surface area contributed by atoms with Gasteiger partial charge in [0.1, 0.15) is 11.6 Å². The van der Waals surface area contributed by atoms with Gasteiger partial charge in [0.15, 0.2) is 17.4 Å². The first-order valence-electron chi connectivity index (χ1n) is 8.43. The summed E-state index contributed by atoms with van der Waals surface area (Å²) in [5, 5.41) is 1.50. The van der Waals surface area contributed by atoms with E-state index >= 15 is 0 Å². The Kier molecular flexibility index (Phi) is 4.44. The van der Waals surface area contributed by atoms with E-state index in [1.807, 2.05) is 12.1 Å². The lowest BCUT2D eigenvalue weighted by Crippen LogP contribution is -2.14. The summed E-state index contributed by atoms with van der Waals surface area (Å²) in [7, 11) is 0. The van der Waals surface area contributed by atoms with Crippen molar-refractivity contribution in [1.29, 1.82) is 0 Å². The molecule has 1 heterocycles. The maximum absolute atomic E-state index is 14.2. The monoisotopic (exact) mass is 347 g/mol. The van der Waals surface area contributed by atoms with Crippen molar-refractivity contribution in [3.8, 4) is 5.75 Å². The molecular formula is C19H19F2NOS. The number of rotatable bonds is 6. The van der Waals surface area contributed by atoms with Crippen LogP contribution in [0.2, 0.25) is 0 Å². The maximum atomic E-state index is 14.2. The highest BCUT2D eigenvalue weighted by molar-refractivity contribution is 8.00. The molecule has 0 radical (unpaired) electrons. The summed E-state index contributed by atoms with van der Waals surface area (Å²) in [6.45, 7) is 0.125. The molecule has 2 aliphatic carbocycles. The fourth-order valence-electron chi connectivity index (χ4n) is 2.81. The Morgan fingerprint density at radius 1 is 1.12 bits per heavy atom. The van der Waals surface area contributed by atoms with Crippen LogP contribution in [0.15, 0.2) is 35.5 Å². The number of hydrogen-bond donors (Lipinski definition) is 0. The summed E-state index contributed by atoms with van der Waals surface area (Å²) in [5.74, 6) is -1.21. The van der Waals surface area contributed by atoms with Crippen LogP contribution in [-0.2, 0) is 6.61 Å². The molecule has 2 aromatic rings. The zero-order valence-corrected chi connectivity index (χ0v) is 14.1. The van der Waals surface area contributed by atoms with Crippen LogP contribution in [-0.4, -0.2) is 10.2 Å². The number of nitrogens with zero attached hydrogens (tertiary/aromatic N) is 1. The summed E-state index contributed by atoms with van der Waals surface area (Å²) in [5.41, 5.74) is 1.61. The van der Waals surface area contributed by atoms with Crippen molar-refractivity contribution in [1.82, 2.24) is 4.98 Å². The quantitative estimate of drug-likeness (QED) is 0.693. The molecule has 24 heavy (non-hydrogen) atoms. The molecule has 2 aliphatic rings. The van der Waals surface area contributed by atoms with Gasteiger partial charge in [-0.2, -0.15) is 0 Å². The van der Waals surface area contributed by atoms with Gasteiger partial charge < -0.3 is 4.74 Å². The fourth-order valence-corrected chi connectivity index (χ4v) is 4.09. The predicted molar refractivity (Wildman–Crippen MR) is 90.4 cm³/mol. The van der Waals surface area contributed by atoms with Gasteiger partial charge in [-0.15, -0.1) is 11.8 Å². The molecule has 0 unspecified atom stereocenters. The molecule has 0 aliphatic heterocycles. The highest BCUT2D eigenvalue weighted by atomic mass is 32.2. The van der Waals surface area contributed by atoms with Gasteiger partial charge in [-0.1, -0.05) is 12.5 Å². The third kappa shape index (κ3) is 3.41. The van der Waals surface area contributed by atoms with E-state index in [-0.39, 0.29) is 12.4 Å². The van der Waals surface area contributed by atoms with Gasteiger partial charge in [-0.3, -0.25) is 0 Å². The molecule has 0 saturated heterocycles. The second kappa shape index (κ2) is 6.71. The van der Waals surface area contributed by atoms with E-state index in [2.05, 4.69) is 4.98 Å². The van der Waals surface area contributed by atoms with Gasteiger partial charge in [0, 0.05) is 17.0 Å². The van der Waals surface area contributed by atoms with Gasteiger partial charge in [0.05, 0.1) is 0 Å². The Morgan fingerprint density at radius 2 is 1.88 bits per heavy atom. The van der Waals surface area contributed by atoms with Crippen molar-refractivity contribution in [2.24, 2.45) is 0 Å². The molecule has 126 valence electrons. The number of hydrogen-bond acceptors (Lipinski definition) is 3. The minimum atomic E-state index is -0.617. The summed E-state index contributed by atoms with van der Waals surface area (Å²) in [6.07, 6.45) is 7.43. The lowest BCUT2D eigenvalue weighted by molar-refractivity contribution is 0.270. The summed E-state index contributed by atoms with van der Waals surface area (Å²) < 4.78 is 33.9. The first-order chi connectivity index (χ1) is 11.7. The Labute approximate surface area is 144 Å². The van der Waals surface area contributed by atoms with Gasteiger partial charge in [-0.05, 0) is 55.4 Å². The van der Waals surface area contributed by atoms with Crippen LogP contribution in [0.25, 0.3) is 0 Å². The SMILES string of the molecule is Fc1cc(C2CC2)cc(F)c1OCc1cccnc1SC1CCC1. The van der Waals surface area contributed by atoms with Crippen LogP contribution in [0.5, 0.6) is 5.75 Å². The molecule has 2 saturated carbocycles. The second-order valence-corrected chi connectivity index (χ2v) is 7.80. The molecule has 4 rings (SSSR count). The summed E-state index contributed by atoms with van der Waals surface area (Å²) in [4.78, 5) is 4.40. The number of thioether (sulfide) groups is 1. The molecule has 2 nitrogen and oxygen atoms in total. The molecule has 0 amide bonds. The number of aromatic nitrogens is 1. The van der Waals surface area contributed by atoms with Crippen LogP contribution < -0.4 is 4.74 Å². The van der Waals surface area contributed by atoms with Crippen LogP contribution in [0.4, 0.5) is 8.78 Å². The minimum absolute atomic E-state index is 0.125. The van der Waals surface area contributed by atoms with Crippen molar-refractivity contribution < 1.29 is 13.5 Å². The number of pyridine rings is 1. The molecule has 0 N–H and O–H groups in total. The largest absolute Gasteiger partial charge is 0.483 e. The highest BCUT2D eigenvalue weighted by Gasteiger charge is 2.26. The van der Waals surface area contributed by atoms with Crippen LogP contribution >= 0.6 is 11.8 Å². The van der Waals surface area contributed by atoms with Crippen molar-refractivity contribution in [2.75, 3.05) is 0 Å². The lowest BCUT2D eigenvalue weighted by Gasteiger charge is -2.24. The smallest absolute Gasteiger partial charge is 0.191 e.